The summed E-state index contributed by atoms with van der Waals surface area (Å²) in [6.07, 6.45) is 0.0217. The van der Waals surface area contributed by atoms with Crippen molar-refractivity contribution in [2.45, 2.75) is 17.7 Å². The molecule has 0 bridgehead atoms. The summed E-state index contributed by atoms with van der Waals surface area (Å²) in [6, 6.07) is 16.4. The monoisotopic (exact) mass is 437 g/mol. The number of nitrogens with zero attached hydrogens (tertiary/aromatic N) is 2. The molecule has 0 spiro atoms. The van der Waals surface area contributed by atoms with Gasteiger partial charge in [0, 0.05) is 18.5 Å². The predicted molar refractivity (Wildman–Crippen MR) is 119 cm³/mol. The van der Waals surface area contributed by atoms with Crippen LogP contribution in [0.4, 0.5) is 5.00 Å². The summed E-state index contributed by atoms with van der Waals surface area (Å²) in [4.78, 5) is 43.3. The second kappa shape index (κ2) is 8.81. The topological polar surface area (TPSA) is 79.4 Å². The van der Waals surface area contributed by atoms with Crippen molar-refractivity contribution in [2.75, 3.05) is 17.6 Å². The molecule has 0 fully saturated rings. The van der Waals surface area contributed by atoms with Gasteiger partial charge in [-0.05, 0) is 17.9 Å². The quantitative estimate of drug-likeness (QED) is 0.433. The van der Waals surface area contributed by atoms with Crippen molar-refractivity contribution in [1.29, 1.82) is 0 Å². The Kier molecular flexibility index (Phi) is 5.96. The second-order valence-corrected chi connectivity index (χ2v) is 9.07. The molecule has 4 rings (SSSR count). The van der Waals surface area contributed by atoms with E-state index in [4.69, 9.17) is 0 Å². The van der Waals surface area contributed by atoms with Crippen LogP contribution in [0.2, 0.25) is 0 Å². The smallest absolute Gasteiger partial charge is 0.261 e. The van der Waals surface area contributed by atoms with Crippen molar-refractivity contribution in [3.05, 3.63) is 65.7 Å². The number of imide groups is 1. The van der Waals surface area contributed by atoms with Gasteiger partial charge >= 0.3 is 0 Å². The van der Waals surface area contributed by atoms with Gasteiger partial charge in [0.15, 0.2) is 4.34 Å². The lowest BCUT2D eigenvalue weighted by molar-refractivity contribution is -0.116. The number of carbonyl (C=O) groups excluding carboxylic acids is 3. The van der Waals surface area contributed by atoms with Crippen molar-refractivity contribution in [3.63, 3.8) is 0 Å². The first-order chi connectivity index (χ1) is 14.6. The third kappa shape index (κ3) is 4.01. The Balaban J connectivity index is 1.46. The first-order valence-electron chi connectivity index (χ1n) is 9.52. The number of aromatic nitrogens is 1. The predicted octanol–water partition coefficient (Wildman–Crippen LogP) is 4.55. The molecular formula is C22H19N3O3S2. The molecule has 8 heteroatoms. The molecule has 30 heavy (non-hydrogen) atoms. The zero-order valence-electron chi connectivity index (χ0n) is 16.3. The van der Waals surface area contributed by atoms with Crippen LogP contribution in [0.15, 0.2) is 58.9 Å². The second-order valence-electron chi connectivity index (χ2n) is 6.56. The van der Waals surface area contributed by atoms with Gasteiger partial charge in [-0.2, -0.15) is 0 Å². The van der Waals surface area contributed by atoms with Crippen LogP contribution in [-0.4, -0.2) is 39.9 Å². The van der Waals surface area contributed by atoms with Crippen LogP contribution in [0, 0.1) is 0 Å². The van der Waals surface area contributed by atoms with Crippen molar-refractivity contribution >= 4 is 45.8 Å². The van der Waals surface area contributed by atoms with Gasteiger partial charge in [0.1, 0.15) is 10.7 Å². The highest BCUT2D eigenvalue weighted by Gasteiger charge is 2.35. The molecule has 6 nitrogen and oxygen atoms in total. The first kappa shape index (κ1) is 20.3. The molecular weight excluding hydrogens is 418 g/mol. The van der Waals surface area contributed by atoms with Gasteiger partial charge in [-0.25, -0.2) is 4.98 Å². The Morgan fingerprint density at radius 2 is 1.67 bits per heavy atom. The van der Waals surface area contributed by atoms with E-state index in [-0.39, 0.29) is 30.7 Å². The molecule has 0 radical (unpaired) electrons. The van der Waals surface area contributed by atoms with Gasteiger partial charge in [-0.3, -0.25) is 19.3 Å². The number of rotatable bonds is 7. The van der Waals surface area contributed by atoms with E-state index in [1.54, 1.807) is 36.0 Å². The van der Waals surface area contributed by atoms with Crippen LogP contribution in [0.5, 0.6) is 0 Å². The molecule has 0 saturated carbocycles. The molecule has 1 aliphatic heterocycles. The number of hydrogen-bond acceptors (Lipinski definition) is 6. The summed E-state index contributed by atoms with van der Waals surface area (Å²) < 4.78 is 0.881. The van der Waals surface area contributed by atoms with E-state index in [0.717, 1.165) is 26.2 Å². The number of nitrogens with one attached hydrogen (secondary N) is 1. The van der Waals surface area contributed by atoms with E-state index in [2.05, 4.69) is 17.2 Å². The molecule has 1 aliphatic rings. The number of benzene rings is 2. The molecule has 1 aromatic heterocycles. The summed E-state index contributed by atoms with van der Waals surface area (Å²) >= 11 is 3.05. The summed E-state index contributed by atoms with van der Waals surface area (Å²) in [6.45, 7) is 2.09. The molecule has 0 saturated heterocycles. The van der Waals surface area contributed by atoms with E-state index >= 15 is 0 Å². The lowest BCUT2D eigenvalue weighted by Crippen LogP contribution is -2.32. The number of hydrogen-bond donors (Lipinski definition) is 1. The molecule has 0 unspecified atom stereocenters. The lowest BCUT2D eigenvalue weighted by Gasteiger charge is -2.13. The Labute approximate surface area is 182 Å². The summed E-state index contributed by atoms with van der Waals surface area (Å²) in [5, 5.41) is 3.59. The largest absolute Gasteiger partial charge is 0.316 e. The molecule has 0 atom stereocenters. The number of amides is 3. The van der Waals surface area contributed by atoms with Crippen LogP contribution >= 0.6 is 23.1 Å². The zero-order chi connectivity index (χ0) is 21.1. The van der Waals surface area contributed by atoms with Crippen molar-refractivity contribution in [1.82, 2.24) is 9.88 Å². The van der Waals surface area contributed by atoms with Gasteiger partial charge in [0.25, 0.3) is 11.8 Å². The summed E-state index contributed by atoms with van der Waals surface area (Å²) in [5.41, 5.74) is 2.42. The van der Waals surface area contributed by atoms with Crippen LogP contribution in [0.3, 0.4) is 0 Å². The Morgan fingerprint density at radius 3 is 2.30 bits per heavy atom. The molecule has 2 aromatic carbocycles. The minimum absolute atomic E-state index is 0.0217. The normalized spacial score (nSPS) is 12.9. The van der Waals surface area contributed by atoms with Gasteiger partial charge in [0.2, 0.25) is 5.91 Å². The fourth-order valence-corrected chi connectivity index (χ4v) is 5.19. The van der Waals surface area contributed by atoms with Gasteiger partial charge in [-0.1, -0.05) is 72.5 Å². The number of carbonyl (C=O) groups is 3. The van der Waals surface area contributed by atoms with E-state index in [1.807, 2.05) is 30.3 Å². The van der Waals surface area contributed by atoms with Gasteiger partial charge < -0.3 is 5.32 Å². The maximum atomic E-state index is 12.6. The van der Waals surface area contributed by atoms with Crippen molar-refractivity contribution < 1.29 is 14.4 Å². The minimum Gasteiger partial charge on any atom is -0.316 e. The molecule has 0 aliphatic carbocycles. The molecule has 1 N–H and O–H groups in total. The number of thiazole rings is 1. The van der Waals surface area contributed by atoms with E-state index < -0.39 is 0 Å². The van der Waals surface area contributed by atoms with Crippen molar-refractivity contribution in [2.24, 2.45) is 0 Å². The van der Waals surface area contributed by atoms with Gasteiger partial charge in [-0.15, -0.1) is 0 Å². The fraction of sp³-hybridized carbons (Fsp3) is 0.182. The zero-order valence-corrected chi connectivity index (χ0v) is 17.9. The average Bonchev–Trinajstić information content (AvgIpc) is 3.26. The Bertz CT molecular complexity index is 1080. The summed E-state index contributed by atoms with van der Waals surface area (Å²) in [7, 11) is 0. The van der Waals surface area contributed by atoms with Crippen molar-refractivity contribution in [3.8, 4) is 11.3 Å². The molecule has 152 valence electrons. The Hall–Kier alpha value is -2.97. The third-order valence-corrected chi connectivity index (χ3v) is 6.61. The van der Waals surface area contributed by atoms with Crippen LogP contribution < -0.4 is 5.32 Å². The molecule has 3 amide bonds. The standard InChI is InChI=1S/C22H19N3O3S2/c1-2-29-22-24-18(14-8-4-3-5-9-14)19(30-22)23-17(26)12-13-25-20(27)15-10-6-7-11-16(15)21(25)28/h3-11H,2,12-13H2,1H3,(H,23,26). The summed E-state index contributed by atoms with van der Waals surface area (Å²) in [5.74, 6) is -0.0875. The van der Waals surface area contributed by atoms with Crippen LogP contribution in [0.25, 0.3) is 11.3 Å². The fourth-order valence-electron chi connectivity index (χ4n) is 3.21. The minimum atomic E-state index is -0.354. The van der Waals surface area contributed by atoms with E-state index in [1.165, 1.54) is 11.3 Å². The maximum Gasteiger partial charge on any atom is 0.261 e. The molecule has 3 aromatic rings. The number of thioether (sulfide) groups is 1. The average molecular weight is 438 g/mol. The van der Waals surface area contributed by atoms with E-state index in [9.17, 15) is 14.4 Å². The van der Waals surface area contributed by atoms with Gasteiger partial charge in [0.05, 0.1) is 11.1 Å². The van der Waals surface area contributed by atoms with Crippen LogP contribution in [0.1, 0.15) is 34.1 Å². The number of anilines is 1. The van der Waals surface area contributed by atoms with E-state index in [0.29, 0.717) is 16.1 Å². The highest BCUT2D eigenvalue weighted by Crippen LogP contribution is 2.37. The highest BCUT2D eigenvalue weighted by molar-refractivity contribution is 8.01. The first-order valence-corrected chi connectivity index (χ1v) is 11.3. The third-order valence-electron chi connectivity index (χ3n) is 4.62. The highest BCUT2D eigenvalue weighted by atomic mass is 32.2. The maximum absolute atomic E-state index is 12.6. The SMILES string of the molecule is CCSc1nc(-c2ccccc2)c(NC(=O)CCN2C(=O)c3ccccc3C2=O)s1. The molecule has 2 heterocycles. The number of fused-ring (bicyclic) bond motifs is 1. The Morgan fingerprint density at radius 1 is 1.03 bits per heavy atom. The lowest BCUT2D eigenvalue weighted by atomic mass is 10.1. The van der Waals surface area contributed by atoms with Crippen LogP contribution in [-0.2, 0) is 4.79 Å².